The third kappa shape index (κ3) is 2.30. The third-order valence-electron chi connectivity index (χ3n) is 2.79. The van der Waals surface area contributed by atoms with Crippen LogP contribution in [0.4, 0.5) is 0 Å². The van der Waals surface area contributed by atoms with Gasteiger partial charge in [0.2, 0.25) is 0 Å². The quantitative estimate of drug-likeness (QED) is 0.790. The molecule has 0 bridgehead atoms. The summed E-state index contributed by atoms with van der Waals surface area (Å²) in [5.74, 6) is 0.896. The van der Waals surface area contributed by atoms with Gasteiger partial charge in [-0.05, 0) is 29.5 Å². The molecular weight excluding hydrogens is 240 g/mol. The maximum absolute atomic E-state index is 5.17. The van der Waals surface area contributed by atoms with Crippen LogP contribution in [0.2, 0.25) is 0 Å². The molecule has 0 aromatic heterocycles. The summed E-state index contributed by atoms with van der Waals surface area (Å²) < 4.78 is 6.29. The maximum atomic E-state index is 5.17. The second kappa shape index (κ2) is 4.35. The average Bonchev–Trinajstić information content (AvgIpc) is 2.17. The predicted molar refractivity (Wildman–Crippen MR) is 64.0 cm³/mol. The van der Waals surface area contributed by atoms with E-state index in [2.05, 4.69) is 42.8 Å². The van der Waals surface area contributed by atoms with Crippen LogP contribution in [-0.2, 0) is 5.41 Å². The summed E-state index contributed by atoms with van der Waals surface area (Å²) in [7, 11) is 1.69. The van der Waals surface area contributed by atoms with Gasteiger partial charge in [0.25, 0.3) is 0 Å². The lowest BCUT2D eigenvalue weighted by Crippen LogP contribution is -2.16. The van der Waals surface area contributed by atoms with Gasteiger partial charge in [0.1, 0.15) is 5.75 Å². The van der Waals surface area contributed by atoms with Gasteiger partial charge >= 0.3 is 0 Å². The van der Waals surface area contributed by atoms with Crippen LogP contribution in [0.5, 0.6) is 5.75 Å². The lowest BCUT2D eigenvalue weighted by Gasteiger charge is -2.24. The van der Waals surface area contributed by atoms with E-state index in [0.717, 1.165) is 16.6 Å². The van der Waals surface area contributed by atoms with E-state index in [0.29, 0.717) is 0 Å². The van der Waals surface area contributed by atoms with E-state index in [1.165, 1.54) is 5.56 Å². The van der Waals surface area contributed by atoms with Crippen molar-refractivity contribution in [1.82, 2.24) is 0 Å². The molecule has 0 N–H and O–H groups in total. The zero-order valence-corrected chi connectivity index (χ0v) is 10.8. The predicted octanol–water partition coefficient (Wildman–Crippen LogP) is 4.15. The summed E-state index contributed by atoms with van der Waals surface area (Å²) in [6.07, 6.45) is 1.12. The molecule has 78 valence electrons. The summed E-state index contributed by atoms with van der Waals surface area (Å²) in [5, 5.41) is 0. The van der Waals surface area contributed by atoms with Crippen molar-refractivity contribution in [2.75, 3.05) is 7.11 Å². The SMILES string of the molecule is CCC(C)(C)c1ccc(OC)cc1Br. The van der Waals surface area contributed by atoms with Gasteiger partial charge in [-0.3, -0.25) is 0 Å². The van der Waals surface area contributed by atoms with Crippen molar-refractivity contribution in [3.05, 3.63) is 28.2 Å². The molecular formula is C12H17BrO. The van der Waals surface area contributed by atoms with Crippen LogP contribution in [-0.4, -0.2) is 7.11 Å². The largest absolute Gasteiger partial charge is 0.497 e. The normalized spacial score (nSPS) is 11.5. The van der Waals surface area contributed by atoms with Crippen LogP contribution in [0.1, 0.15) is 32.8 Å². The van der Waals surface area contributed by atoms with E-state index in [9.17, 15) is 0 Å². The minimum Gasteiger partial charge on any atom is -0.497 e. The van der Waals surface area contributed by atoms with E-state index in [1.807, 2.05) is 12.1 Å². The summed E-state index contributed by atoms with van der Waals surface area (Å²) >= 11 is 3.58. The first-order valence-corrected chi connectivity index (χ1v) is 5.64. The molecule has 0 amide bonds. The Morgan fingerprint density at radius 1 is 1.36 bits per heavy atom. The minimum absolute atomic E-state index is 0.213. The highest BCUT2D eigenvalue weighted by molar-refractivity contribution is 9.10. The Hall–Kier alpha value is -0.500. The van der Waals surface area contributed by atoms with Crippen LogP contribution in [0.3, 0.4) is 0 Å². The summed E-state index contributed by atoms with van der Waals surface area (Å²) in [4.78, 5) is 0. The number of rotatable bonds is 3. The number of halogens is 1. The van der Waals surface area contributed by atoms with Crippen molar-refractivity contribution >= 4 is 15.9 Å². The van der Waals surface area contributed by atoms with E-state index in [1.54, 1.807) is 7.11 Å². The fraction of sp³-hybridized carbons (Fsp3) is 0.500. The Balaban J connectivity index is 3.12. The van der Waals surface area contributed by atoms with Crippen molar-refractivity contribution < 1.29 is 4.74 Å². The molecule has 0 aliphatic heterocycles. The van der Waals surface area contributed by atoms with Crippen LogP contribution in [0.25, 0.3) is 0 Å². The Labute approximate surface area is 94.6 Å². The van der Waals surface area contributed by atoms with Crippen LogP contribution >= 0.6 is 15.9 Å². The van der Waals surface area contributed by atoms with Crippen LogP contribution < -0.4 is 4.74 Å². The zero-order valence-electron chi connectivity index (χ0n) is 9.23. The molecule has 0 unspecified atom stereocenters. The molecule has 0 aliphatic carbocycles. The second-order valence-electron chi connectivity index (χ2n) is 4.08. The number of methoxy groups -OCH3 is 1. The highest BCUT2D eigenvalue weighted by atomic mass is 79.9. The number of ether oxygens (including phenoxy) is 1. The minimum atomic E-state index is 0.213. The molecule has 1 aromatic carbocycles. The molecule has 0 saturated heterocycles. The van der Waals surface area contributed by atoms with Crippen LogP contribution in [0.15, 0.2) is 22.7 Å². The fourth-order valence-electron chi connectivity index (χ4n) is 1.36. The summed E-state index contributed by atoms with van der Waals surface area (Å²) in [6.45, 7) is 6.70. The average molecular weight is 257 g/mol. The first-order chi connectivity index (χ1) is 6.51. The lowest BCUT2D eigenvalue weighted by molar-refractivity contribution is 0.413. The van der Waals surface area contributed by atoms with Gasteiger partial charge in [-0.25, -0.2) is 0 Å². The highest BCUT2D eigenvalue weighted by Gasteiger charge is 2.20. The standard InChI is InChI=1S/C12H17BrO/c1-5-12(2,3)10-7-6-9(14-4)8-11(10)13/h6-8H,5H2,1-4H3. The second-order valence-corrected chi connectivity index (χ2v) is 4.94. The molecule has 14 heavy (non-hydrogen) atoms. The molecule has 0 radical (unpaired) electrons. The first kappa shape index (κ1) is 11.6. The lowest BCUT2D eigenvalue weighted by atomic mass is 9.82. The zero-order chi connectivity index (χ0) is 10.8. The molecule has 0 spiro atoms. The molecule has 2 heteroatoms. The van der Waals surface area contributed by atoms with Gasteiger partial charge in [-0.15, -0.1) is 0 Å². The Morgan fingerprint density at radius 3 is 2.43 bits per heavy atom. The van der Waals surface area contributed by atoms with Crippen molar-refractivity contribution in [2.45, 2.75) is 32.6 Å². The van der Waals surface area contributed by atoms with Gasteiger partial charge in [-0.2, -0.15) is 0 Å². The summed E-state index contributed by atoms with van der Waals surface area (Å²) in [6, 6.07) is 6.16. The molecule has 1 nitrogen and oxygen atoms in total. The van der Waals surface area contributed by atoms with Gasteiger partial charge in [-0.1, -0.05) is 42.8 Å². The molecule has 0 aliphatic rings. The number of hydrogen-bond donors (Lipinski definition) is 0. The molecule has 1 aromatic rings. The highest BCUT2D eigenvalue weighted by Crippen LogP contribution is 2.34. The first-order valence-electron chi connectivity index (χ1n) is 4.85. The molecule has 0 heterocycles. The Kier molecular flexibility index (Phi) is 3.59. The van der Waals surface area contributed by atoms with E-state index in [4.69, 9.17) is 4.74 Å². The number of hydrogen-bond acceptors (Lipinski definition) is 1. The van der Waals surface area contributed by atoms with Crippen molar-refractivity contribution in [1.29, 1.82) is 0 Å². The molecule has 0 atom stereocenters. The molecule has 0 fully saturated rings. The monoisotopic (exact) mass is 256 g/mol. The smallest absolute Gasteiger partial charge is 0.120 e. The van der Waals surface area contributed by atoms with Gasteiger partial charge in [0.15, 0.2) is 0 Å². The van der Waals surface area contributed by atoms with Crippen molar-refractivity contribution in [2.24, 2.45) is 0 Å². The van der Waals surface area contributed by atoms with E-state index < -0.39 is 0 Å². The Morgan fingerprint density at radius 2 is 2.00 bits per heavy atom. The number of benzene rings is 1. The van der Waals surface area contributed by atoms with Gasteiger partial charge in [0, 0.05) is 4.47 Å². The van der Waals surface area contributed by atoms with E-state index >= 15 is 0 Å². The van der Waals surface area contributed by atoms with Crippen molar-refractivity contribution in [3.63, 3.8) is 0 Å². The fourth-order valence-corrected chi connectivity index (χ4v) is 2.26. The maximum Gasteiger partial charge on any atom is 0.120 e. The topological polar surface area (TPSA) is 9.23 Å². The van der Waals surface area contributed by atoms with Crippen LogP contribution in [0, 0.1) is 0 Å². The van der Waals surface area contributed by atoms with Gasteiger partial charge < -0.3 is 4.74 Å². The van der Waals surface area contributed by atoms with Crippen molar-refractivity contribution in [3.8, 4) is 5.75 Å². The Bertz CT molecular complexity index is 318. The molecule has 0 saturated carbocycles. The third-order valence-corrected chi connectivity index (χ3v) is 3.45. The van der Waals surface area contributed by atoms with Gasteiger partial charge in [0.05, 0.1) is 7.11 Å². The van der Waals surface area contributed by atoms with E-state index in [-0.39, 0.29) is 5.41 Å². The molecule has 1 rings (SSSR count). The summed E-state index contributed by atoms with van der Waals surface area (Å²) in [5.41, 5.74) is 1.55.